The lowest BCUT2D eigenvalue weighted by molar-refractivity contribution is -0.148. The predicted molar refractivity (Wildman–Crippen MR) is 182 cm³/mol. The van der Waals surface area contributed by atoms with Crippen LogP contribution in [0, 0.1) is 12.3 Å². The van der Waals surface area contributed by atoms with Gasteiger partial charge in [0.15, 0.2) is 28.9 Å². The van der Waals surface area contributed by atoms with Gasteiger partial charge in [0.1, 0.15) is 29.8 Å². The first-order valence-corrected chi connectivity index (χ1v) is 17.9. The molecule has 2 N–H and O–H groups in total. The van der Waals surface area contributed by atoms with Crippen molar-refractivity contribution in [2.75, 3.05) is 32.2 Å². The lowest BCUT2D eigenvalue weighted by atomic mass is 9.98. The first-order chi connectivity index (χ1) is 22.0. The molecule has 1 fully saturated rings. The number of carbonyl (C=O) groups is 1. The van der Waals surface area contributed by atoms with Gasteiger partial charge in [0.2, 0.25) is 0 Å². The summed E-state index contributed by atoms with van der Waals surface area (Å²) in [7, 11) is 3.65. The molecule has 0 bridgehead atoms. The van der Waals surface area contributed by atoms with Crippen LogP contribution < -0.4 is 14.5 Å². The van der Waals surface area contributed by atoms with Gasteiger partial charge in [0.05, 0.1) is 19.5 Å². The van der Waals surface area contributed by atoms with Crippen LogP contribution in [-0.4, -0.2) is 81.8 Å². The van der Waals surface area contributed by atoms with Crippen LogP contribution in [0.25, 0.3) is 21.9 Å². The summed E-state index contributed by atoms with van der Waals surface area (Å²) in [6, 6.07) is 12.2. The molecule has 0 aliphatic carbocycles. The molecular formula is C32H42FN6O6PS. The van der Waals surface area contributed by atoms with Crippen molar-refractivity contribution in [2.45, 2.75) is 71.7 Å². The number of aryl methyl sites for hydroxylation is 1. The van der Waals surface area contributed by atoms with Crippen LogP contribution in [-0.2, 0) is 30.6 Å². The van der Waals surface area contributed by atoms with Gasteiger partial charge >= 0.3 is 12.6 Å². The molecule has 0 unspecified atom stereocenters. The number of aromatic nitrogens is 4. The van der Waals surface area contributed by atoms with Crippen molar-refractivity contribution >= 4 is 52.2 Å². The van der Waals surface area contributed by atoms with Crippen LogP contribution in [0.1, 0.15) is 46.7 Å². The predicted octanol–water partition coefficient (Wildman–Crippen LogP) is 5.23. The van der Waals surface area contributed by atoms with Crippen LogP contribution in [0.3, 0.4) is 0 Å². The highest BCUT2D eigenvalue weighted by Gasteiger charge is 2.56. The molecule has 2 aromatic heterocycles. The zero-order chi connectivity index (χ0) is 34.3. The summed E-state index contributed by atoms with van der Waals surface area (Å²) in [5, 5.41) is 15.9. The molecule has 5 rings (SSSR count). The molecule has 4 aromatic rings. The molecule has 0 spiro atoms. The van der Waals surface area contributed by atoms with Crippen molar-refractivity contribution in [1.29, 1.82) is 0 Å². The summed E-state index contributed by atoms with van der Waals surface area (Å²) in [6.07, 6.45) is -2.65. The van der Waals surface area contributed by atoms with Gasteiger partial charge in [-0.3, -0.25) is 9.36 Å². The van der Waals surface area contributed by atoms with E-state index in [0.29, 0.717) is 28.6 Å². The normalized spacial score (nSPS) is 23.5. The molecule has 0 saturated carbocycles. The molecule has 3 heterocycles. The van der Waals surface area contributed by atoms with E-state index in [0.717, 1.165) is 10.8 Å². The summed E-state index contributed by atoms with van der Waals surface area (Å²) >= 11 is 5.94. The number of anilines is 1. The number of aliphatic hydroxyl groups excluding tert-OH is 1. The number of alkyl halides is 1. The van der Waals surface area contributed by atoms with Gasteiger partial charge in [-0.2, -0.15) is 0 Å². The Kier molecular flexibility index (Phi) is 9.94. The summed E-state index contributed by atoms with van der Waals surface area (Å²) in [4.78, 5) is 28.1. The van der Waals surface area contributed by atoms with Crippen molar-refractivity contribution in [1.82, 2.24) is 24.6 Å². The van der Waals surface area contributed by atoms with Gasteiger partial charge in [0, 0.05) is 19.5 Å². The molecule has 1 aliphatic heterocycles. The van der Waals surface area contributed by atoms with Gasteiger partial charge in [0.25, 0.3) is 0 Å². The zero-order valence-electron chi connectivity index (χ0n) is 27.8. The lowest BCUT2D eigenvalue weighted by Crippen LogP contribution is -2.41. The molecule has 1 aliphatic rings. The van der Waals surface area contributed by atoms with E-state index in [-0.39, 0.29) is 18.6 Å². The number of nitrogens with zero attached hydrogens (tertiary/aromatic N) is 5. The maximum absolute atomic E-state index is 16.4. The lowest BCUT2D eigenvalue weighted by Gasteiger charge is -2.29. The fourth-order valence-electron chi connectivity index (χ4n) is 5.21. The Morgan fingerprint density at radius 1 is 1.23 bits per heavy atom. The number of hydrogen-bond acceptors (Lipinski definition) is 11. The Bertz CT molecular complexity index is 1810. The fraction of sp³-hybridized carbons (Fsp3) is 0.500. The summed E-state index contributed by atoms with van der Waals surface area (Å²) < 4.78 is 42.0. The maximum Gasteiger partial charge on any atom is 0.323 e. The molecule has 15 heteroatoms. The van der Waals surface area contributed by atoms with E-state index in [4.69, 9.17) is 30.3 Å². The number of hydrogen-bond donors (Lipinski definition) is 2. The number of rotatable bonds is 11. The Morgan fingerprint density at radius 3 is 2.64 bits per heavy atom. The van der Waals surface area contributed by atoms with Gasteiger partial charge < -0.3 is 28.5 Å². The Morgan fingerprint density at radius 2 is 1.94 bits per heavy atom. The summed E-state index contributed by atoms with van der Waals surface area (Å²) in [5.74, 6) is 0.938. The van der Waals surface area contributed by atoms with Crippen molar-refractivity contribution in [3.8, 4) is 5.75 Å². The molecule has 47 heavy (non-hydrogen) atoms. The number of esters is 1. The molecule has 0 amide bonds. The largest absolute Gasteiger partial charge is 0.464 e. The van der Waals surface area contributed by atoms with Gasteiger partial charge in [-0.15, -0.1) is 0 Å². The molecule has 1 saturated heterocycles. The van der Waals surface area contributed by atoms with Crippen LogP contribution >= 0.6 is 6.64 Å². The van der Waals surface area contributed by atoms with Crippen molar-refractivity contribution in [3.05, 3.63) is 54.6 Å². The van der Waals surface area contributed by atoms with Gasteiger partial charge in [-0.05, 0) is 49.4 Å². The molecule has 6 atom stereocenters. The number of imidazole rings is 1. The van der Waals surface area contributed by atoms with Gasteiger partial charge in [-0.25, -0.2) is 24.4 Å². The monoisotopic (exact) mass is 688 g/mol. The molecule has 2 aromatic carbocycles. The Hall–Kier alpha value is -3.26. The smallest absolute Gasteiger partial charge is 0.323 e. The van der Waals surface area contributed by atoms with E-state index in [1.54, 1.807) is 24.8 Å². The zero-order valence-corrected chi connectivity index (χ0v) is 29.5. The minimum Gasteiger partial charge on any atom is -0.464 e. The average molecular weight is 689 g/mol. The van der Waals surface area contributed by atoms with E-state index < -0.39 is 42.8 Å². The van der Waals surface area contributed by atoms with Crippen molar-refractivity contribution in [2.24, 2.45) is 5.41 Å². The third-order valence-electron chi connectivity index (χ3n) is 7.64. The minimum atomic E-state index is -3.56. The second-order valence-corrected chi connectivity index (χ2v) is 16.5. The standard InChI is InChI=1S/C32H42FN6O6PS/c1-19(29(41)42-17-31(3,4)5)37-46(47,45-23-15-11-13-21-12-9-10-14-22(21)23)43-16-24-26(40)32(6,33)30(44-24)39-18-34-25-27(38(7)8)35-20(2)36-28(25)39/h9-15,18-19,24,26,30,40H,16-17H2,1-8H3,(H,37,47)/t19-,24+,26+,30+,32+,46+/m0/s1. The Balaban J connectivity index is 1.41. The Labute approximate surface area is 278 Å². The maximum atomic E-state index is 16.4. The quantitative estimate of drug-likeness (QED) is 0.158. The summed E-state index contributed by atoms with van der Waals surface area (Å²) in [6.45, 7) is 6.75. The fourth-order valence-corrected chi connectivity index (χ4v) is 7.63. The van der Waals surface area contributed by atoms with E-state index in [1.807, 2.05) is 71.3 Å². The molecule has 12 nitrogen and oxygen atoms in total. The number of fused-ring (bicyclic) bond motifs is 2. The highest BCUT2D eigenvalue weighted by molar-refractivity contribution is 8.09. The third-order valence-corrected chi connectivity index (χ3v) is 10.1. The second kappa shape index (κ2) is 13.3. The van der Waals surface area contributed by atoms with E-state index >= 15 is 4.39 Å². The van der Waals surface area contributed by atoms with Crippen molar-refractivity contribution < 1.29 is 32.8 Å². The van der Waals surface area contributed by atoms with Gasteiger partial charge in [-0.1, -0.05) is 57.2 Å². The average Bonchev–Trinajstić information content (AvgIpc) is 3.51. The van der Waals surface area contributed by atoms with E-state index in [1.165, 1.54) is 17.8 Å². The summed E-state index contributed by atoms with van der Waals surface area (Å²) in [5.41, 5.74) is -1.69. The topological polar surface area (TPSA) is 133 Å². The second-order valence-electron chi connectivity index (χ2n) is 13.3. The van der Waals surface area contributed by atoms with E-state index in [9.17, 15) is 9.90 Å². The van der Waals surface area contributed by atoms with Crippen LogP contribution in [0.4, 0.5) is 10.2 Å². The minimum absolute atomic E-state index is 0.202. The highest BCUT2D eigenvalue weighted by Crippen LogP contribution is 2.49. The number of ether oxygens (including phenoxy) is 2. The van der Waals surface area contributed by atoms with Crippen LogP contribution in [0.5, 0.6) is 5.75 Å². The number of aliphatic hydroxyl groups is 1. The first kappa shape index (κ1) is 35.1. The SMILES string of the molecule is Cc1nc(N(C)C)c2ncn([C@@H]3O[C@H](CO[P@](=S)(N[C@@H](C)C(=O)OCC(C)(C)C)Oc4cccc5ccccc45)[C@@H](O)[C@@]3(C)F)c2n1. The number of carbonyl (C=O) groups excluding carboxylic acids is 1. The molecule has 0 radical (unpaired) electrons. The third kappa shape index (κ3) is 7.58. The van der Waals surface area contributed by atoms with E-state index in [2.05, 4.69) is 20.0 Å². The van der Waals surface area contributed by atoms with Crippen LogP contribution in [0.15, 0.2) is 48.8 Å². The molecular weight excluding hydrogens is 646 g/mol. The number of benzene rings is 2. The molecule has 254 valence electrons. The number of halogens is 1. The number of nitrogens with one attached hydrogen (secondary N) is 1. The first-order valence-electron chi connectivity index (χ1n) is 15.3. The highest BCUT2D eigenvalue weighted by atomic mass is 32.5. The van der Waals surface area contributed by atoms with Crippen molar-refractivity contribution in [3.63, 3.8) is 0 Å². The van der Waals surface area contributed by atoms with Crippen LogP contribution in [0.2, 0.25) is 0 Å².